The van der Waals surface area contributed by atoms with Gasteiger partial charge in [0.25, 0.3) is 5.56 Å². The van der Waals surface area contributed by atoms with Crippen LogP contribution in [-0.2, 0) is 0 Å². The van der Waals surface area contributed by atoms with Crippen LogP contribution in [-0.4, -0.2) is 21.8 Å². The van der Waals surface area contributed by atoms with E-state index in [0.29, 0.717) is 22.5 Å². The molecule has 3 aromatic carbocycles. The summed E-state index contributed by atoms with van der Waals surface area (Å²) >= 11 is 0. The molecule has 0 aliphatic carbocycles. The molecule has 0 spiro atoms. The van der Waals surface area contributed by atoms with Gasteiger partial charge in [-0.2, -0.15) is 0 Å². The van der Waals surface area contributed by atoms with Gasteiger partial charge in [-0.3, -0.25) is 9.36 Å². The topological polar surface area (TPSA) is 64.3 Å². The summed E-state index contributed by atoms with van der Waals surface area (Å²) in [6.45, 7) is 4.07. The van der Waals surface area contributed by atoms with Crippen molar-refractivity contribution >= 4 is 23.1 Å². The van der Waals surface area contributed by atoms with E-state index in [1.54, 1.807) is 34.9 Å². The summed E-state index contributed by atoms with van der Waals surface area (Å²) in [5, 5.41) is 10.4. The van der Waals surface area contributed by atoms with E-state index in [2.05, 4.69) is 0 Å². The van der Waals surface area contributed by atoms with Crippen LogP contribution < -0.4 is 10.3 Å². The molecule has 0 radical (unpaired) electrons. The zero-order chi connectivity index (χ0) is 21.3. The third-order valence-electron chi connectivity index (χ3n) is 5.18. The van der Waals surface area contributed by atoms with E-state index in [0.717, 1.165) is 22.4 Å². The number of para-hydroxylation sites is 1. The van der Waals surface area contributed by atoms with Gasteiger partial charge < -0.3 is 9.84 Å². The largest absolute Gasteiger partial charge is 0.504 e. The highest BCUT2D eigenvalue weighted by Gasteiger charge is 2.12. The third kappa shape index (κ3) is 3.57. The van der Waals surface area contributed by atoms with Gasteiger partial charge in [-0.15, -0.1) is 0 Å². The lowest BCUT2D eigenvalue weighted by Crippen LogP contribution is -2.22. The molecule has 0 aliphatic heterocycles. The molecular weight excluding hydrogens is 376 g/mol. The molecule has 5 nitrogen and oxygen atoms in total. The quantitative estimate of drug-likeness (QED) is 0.532. The highest BCUT2D eigenvalue weighted by atomic mass is 16.5. The maximum atomic E-state index is 13.3. The van der Waals surface area contributed by atoms with Crippen LogP contribution in [0.25, 0.3) is 28.7 Å². The van der Waals surface area contributed by atoms with Crippen molar-refractivity contribution in [1.82, 2.24) is 9.55 Å². The molecule has 0 saturated heterocycles. The van der Waals surface area contributed by atoms with Gasteiger partial charge in [-0.05, 0) is 73.0 Å². The monoisotopic (exact) mass is 398 g/mol. The Morgan fingerprint density at radius 1 is 0.967 bits per heavy atom. The summed E-state index contributed by atoms with van der Waals surface area (Å²) < 4.78 is 6.81. The van der Waals surface area contributed by atoms with Crippen LogP contribution in [0.4, 0.5) is 0 Å². The normalized spacial score (nSPS) is 11.3. The fourth-order valence-electron chi connectivity index (χ4n) is 3.34. The molecule has 0 fully saturated rings. The van der Waals surface area contributed by atoms with Crippen molar-refractivity contribution in [2.45, 2.75) is 13.8 Å². The second-order valence-electron chi connectivity index (χ2n) is 7.16. The van der Waals surface area contributed by atoms with Crippen LogP contribution in [0.15, 0.2) is 65.5 Å². The van der Waals surface area contributed by atoms with Crippen LogP contribution in [0.3, 0.4) is 0 Å². The van der Waals surface area contributed by atoms with Gasteiger partial charge in [0.2, 0.25) is 0 Å². The fraction of sp³-hybridized carbons (Fsp3) is 0.120. The maximum absolute atomic E-state index is 13.3. The molecule has 1 heterocycles. The molecule has 5 heteroatoms. The van der Waals surface area contributed by atoms with E-state index >= 15 is 0 Å². The Morgan fingerprint density at radius 2 is 1.77 bits per heavy atom. The molecule has 0 unspecified atom stereocenters. The molecule has 4 rings (SSSR count). The van der Waals surface area contributed by atoms with E-state index in [1.807, 2.05) is 56.3 Å². The molecule has 0 saturated carbocycles. The van der Waals surface area contributed by atoms with Crippen molar-refractivity contribution in [2.75, 3.05) is 7.11 Å². The smallest absolute Gasteiger partial charge is 0.266 e. The number of hydrogen-bond acceptors (Lipinski definition) is 4. The van der Waals surface area contributed by atoms with Crippen molar-refractivity contribution in [2.24, 2.45) is 0 Å². The van der Waals surface area contributed by atoms with Gasteiger partial charge in [0, 0.05) is 0 Å². The second-order valence-corrected chi connectivity index (χ2v) is 7.16. The van der Waals surface area contributed by atoms with E-state index in [-0.39, 0.29) is 11.3 Å². The summed E-state index contributed by atoms with van der Waals surface area (Å²) in [4.78, 5) is 18.1. The molecule has 1 N–H and O–H groups in total. The average Bonchev–Trinajstić information content (AvgIpc) is 2.75. The molecule has 4 aromatic rings. The summed E-state index contributed by atoms with van der Waals surface area (Å²) in [5.74, 6) is 0.981. The van der Waals surface area contributed by atoms with Crippen LogP contribution >= 0.6 is 0 Å². The minimum Gasteiger partial charge on any atom is -0.504 e. The zero-order valence-corrected chi connectivity index (χ0v) is 17.1. The predicted molar refractivity (Wildman–Crippen MR) is 120 cm³/mol. The van der Waals surface area contributed by atoms with Crippen LogP contribution in [0.1, 0.15) is 22.5 Å². The number of hydrogen-bond donors (Lipinski definition) is 1. The van der Waals surface area contributed by atoms with E-state index in [1.165, 1.54) is 7.11 Å². The number of benzene rings is 3. The molecular formula is C25H22N2O3. The lowest BCUT2D eigenvalue weighted by Gasteiger charge is -2.13. The molecule has 30 heavy (non-hydrogen) atoms. The first-order valence-corrected chi connectivity index (χ1v) is 9.62. The first-order chi connectivity index (χ1) is 14.5. The number of phenolic OH excluding ortho intramolecular Hbond substituents is 1. The number of aromatic nitrogens is 2. The van der Waals surface area contributed by atoms with Gasteiger partial charge in [-0.25, -0.2) is 4.98 Å². The Hall–Kier alpha value is -3.86. The number of aromatic hydroxyl groups is 1. The molecule has 0 bridgehead atoms. The average molecular weight is 398 g/mol. The van der Waals surface area contributed by atoms with Gasteiger partial charge >= 0.3 is 0 Å². The summed E-state index contributed by atoms with van der Waals surface area (Å²) in [5.41, 5.74) is 4.37. The molecule has 0 atom stereocenters. The first-order valence-electron chi connectivity index (χ1n) is 9.62. The van der Waals surface area contributed by atoms with Crippen LogP contribution in [0.5, 0.6) is 11.5 Å². The number of ether oxygens (including phenoxy) is 1. The SMILES string of the molecule is COc1cc(/C=C/c2nc3ccccc3c(=O)n2-c2ccc(C)c(C)c2)ccc1O. The van der Waals surface area contributed by atoms with Crippen molar-refractivity contribution in [3.05, 3.63) is 93.5 Å². The Bertz CT molecular complexity index is 1340. The lowest BCUT2D eigenvalue weighted by atomic mass is 10.1. The number of fused-ring (bicyclic) bond motifs is 1. The number of nitrogens with zero attached hydrogens (tertiary/aromatic N) is 2. The number of methoxy groups -OCH3 is 1. The highest BCUT2D eigenvalue weighted by Crippen LogP contribution is 2.27. The minimum atomic E-state index is -0.119. The first kappa shape index (κ1) is 19.5. The van der Waals surface area contributed by atoms with Crippen molar-refractivity contribution in [1.29, 1.82) is 0 Å². The standard InChI is InChI=1S/C25H22N2O3/c1-16-8-11-19(14-17(16)2)27-24(26-21-7-5-4-6-20(21)25(27)29)13-10-18-9-12-22(28)23(15-18)30-3/h4-15,28H,1-3H3/b13-10+. The summed E-state index contributed by atoms with van der Waals surface area (Å²) in [6, 6.07) is 18.3. The second kappa shape index (κ2) is 7.87. The molecule has 1 aromatic heterocycles. The predicted octanol–water partition coefficient (Wildman–Crippen LogP) is 4.89. The number of rotatable bonds is 4. The lowest BCUT2D eigenvalue weighted by molar-refractivity contribution is 0.373. The van der Waals surface area contributed by atoms with E-state index in [9.17, 15) is 9.90 Å². The summed E-state index contributed by atoms with van der Waals surface area (Å²) in [6.07, 6.45) is 3.64. The Kier molecular flexibility index (Phi) is 5.11. The third-order valence-corrected chi connectivity index (χ3v) is 5.18. The maximum Gasteiger partial charge on any atom is 0.266 e. The van der Waals surface area contributed by atoms with Gasteiger partial charge in [-0.1, -0.05) is 30.3 Å². The molecule has 0 amide bonds. The number of phenols is 1. The fourth-order valence-corrected chi connectivity index (χ4v) is 3.34. The van der Waals surface area contributed by atoms with E-state index in [4.69, 9.17) is 9.72 Å². The Labute approximate surface area is 174 Å². The van der Waals surface area contributed by atoms with Crippen LogP contribution in [0.2, 0.25) is 0 Å². The van der Waals surface area contributed by atoms with Gasteiger partial charge in [0.1, 0.15) is 5.82 Å². The minimum absolute atomic E-state index is 0.0746. The van der Waals surface area contributed by atoms with Crippen molar-refractivity contribution in [3.8, 4) is 17.2 Å². The highest BCUT2D eigenvalue weighted by molar-refractivity contribution is 5.80. The van der Waals surface area contributed by atoms with Gasteiger partial charge in [0.15, 0.2) is 11.5 Å². The van der Waals surface area contributed by atoms with Crippen LogP contribution in [0, 0.1) is 13.8 Å². The van der Waals surface area contributed by atoms with Crippen molar-refractivity contribution < 1.29 is 9.84 Å². The van der Waals surface area contributed by atoms with Crippen molar-refractivity contribution in [3.63, 3.8) is 0 Å². The summed E-state index contributed by atoms with van der Waals surface area (Å²) in [7, 11) is 1.50. The van der Waals surface area contributed by atoms with Gasteiger partial charge in [0.05, 0.1) is 23.7 Å². The molecule has 0 aliphatic rings. The molecule has 150 valence electrons. The van der Waals surface area contributed by atoms with E-state index < -0.39 is 0 Å². The number of aryl methyl sites for hydroxylation is 2. The zero-order valence-electron chi connectivity index (χ0n) is 17.1. The Morgan fingerprint density at radius 3 is 2.53 bits per heavy atom. The Balaban J connectivity index is 1.91.